The van der Waals surface area contributed by atoms with E-state index in [4.69, 9.17) is 0 Å². The molecule has 1 atom stereocenters. The van der Waals surface area contributed by atoms with Crippen molar-refractivity contribution in [3.05, 3.63) is 24.3 Å². The summed E-state index contributed by atoms with van der Waals surface area (Å²) in [6, 6.07) is 8.26. The first-order chi connectivity index (χ1) is 11.7. The van der Waals surface area contributed by atoms with E-state index in [0.29, 0.717) is 11.7 Å². The molecule has 2 N–H and O–H groups in total. The largest absolute Gasteiger partial charge is 0.344 e. The number of rotatable bonds is 4. The lowest BCUT2D eigenvalue weighted by Gasteiger charge is -2.23. The fourth-order valence-corrected chi connectivity index (χ4v) is 4.24. The Balaban J connectivity index is 1.50. The molecule has 0 radical (unpaired) electrons. The van der Waals surface area contributed by atoms with Gasteiger partial charge in [-0.25, -0.2) is 0 Å². The SMILES string of the molecule is CSc1ccccc1NC(=O)C(=O)NC1CCN(C2CCCC2)C1. The van der Waals surface area contributed by atoms with Gasteiger partial charge in [-0.3, -0.25) is 14.5 Å². The fourth-order valence-electron chi connectivity index (χ4n) is 3.68. The van der Waals surface area contributed by atoms with Crippen molar-refractivity contribution in [2.75, 3.05) is 24.7 Å². The van der Waals surface area contributed by atoms with Crippen LogP contribution in [0.5, 0.6) is 0 Å². The predicted octanol–water partition coefficient (Wildman–Crippen LogP) is 2.48. The third-order valence-corrected chi connectivity index (χ3v) is 5.75. The minimum atomic E-state index is -0.587. The van der Waals surface area contributed by atoms with E-state index in [1.54, 1.807) is 11.8 Å². The maximum Gasteiger partial charge on any atom is 0.313 e. The molecule has 1 aromatic carbocycles. The molecule has 3 rings (SSSR count). The van der Waals surface area contributed by atoms with Crippen molar-refractivity contribution in [3.8, 4) is 0 Å². The van der Waals surface area contributed by atoms with Gasteiger partial charge >= 0.3 is 11.8 Å². The minimum Gasteiger partial charge on any atom is -0.344 e. The number of nitrogens with one attached hydrogen (secondary N) is 2. The second-order valence-corrected chi connectivity index (χ2v) is 7.39. The van der Waals surface area contributed by atoms with E-state index < -0.39 is 11.8 Å². The summed E-state index contributed by atoms with van der Waals surface area (Å²) in [6.45, 7) is 1.89. The lowest BCUT2D eigenvalue weighted by atomic mass is 10.2. The van der Waals surface area contributed by atoms with Crippen molar-refractivity contribution in [1.29, 1.82) is 0 Å². The van der Waals surface area contributed by atoms with Crippen LogP contribution in [0.2, 0.25) is 0 Å². The number of hydrogen-bond acceptors (Lipinski definition) is 4. The molecule has 5 nitrogen and oxygen atoms in total. The molecule has 1 aromatic rings. The summed E-state index contributed by atoms with van der Waals surface area (Å²) in [5.41, 5.74) is 0.684. The highest BCUT2D eigenvalue weighted by Gasteiger charge is 2.31. The average molecular weight is 347 g/mol. The molecule has 0 aromatic heterocycles. The summed E-state index contributed by atoms with van der Waals surface area (Å²) in [5, 5.41) is 5.61. The molecule has 1 heterocycles. The summed E-state index contributed by atoms with van der Waals surface area (Å²) in [6.07, 6.45) is 8.04. The number of hydrogen-bond donors (Lipinski definition) is 2. The van der Waals surface area contributed by atoms with E-state index in [1.165, 1.54) is 25.7 Å². The zero-order valence-corrected chi connectivity index (χ0v) is 14.9. The van der Waals surface area contributed by atoms with Crippen molar-refractivity contribution < 1.29 is 9.59 Å². The van der Waals surface area contributed by atoms with Crippen LogP contribution in [0.4, 0.5) is 5.69 Å². The minimum absolute atomic E-state index is 0.0830. The molecule has 1 aliphatic carbocycles. The smallest absolute Gasteiger partial charge is 0.313 e. The highest BCUT2D eigenvalue weighted by molar-refractivity contribution is 7.98. The zero-order chi connectivity index (χ0) is 16.9. The highest BCUT2D eigenvalue weighted by atomic mass is 32.2. The summed E-state index contributed by atoms with van der Waals surface area (Å²) in [7, 11) is 0. The topological polar surface area (TPSA) is 61.4 Å². The molecule has 6 heteroatoms. The Hall–Kier alpha value is -1.53. The molecule has 1 saturated carbocycles. The van der Waals surface area contributed by atoms with Gasteiger partial charge in [0.2, 0.25) is 0 Å². The molecule has 1 aliphatic heterocycles. The number of nitrogens with zero attached hydrogens (tertiary/aromatic N) is 1. The number of likely N-dealkylation sites (tertiary alicyclic amines) is 1. The molecular weight excluding hydrogens is 322 g/mol. The maximum atomic E-state index is 12.2. The van der Waals surface area contributed by atoms with Gasteiger partial charge in [0.1, 0.15) is 0 Å². The van der Waals surface area contributed by atoms with Gasteiger partial charge in [-0.1, -0.05) is 25.0 Å². The van der Waals surface area contributed by atoms with Crippen molar-refractivity contribution in [2.45, 2.75) is 49.1 Å². The van der Waals surface area contributed by atoms with Crippen LogP contribution in [0.3, 0.4) is 0 Å². The molecule has 2 amide bonds. The Bertz CT molecular complexity index is 602. The third kappa shape index (κ3) is 4.11. The monoisotopic (exact) mass is 347 g/mol. The van der Waals surface area contributed by atoms with Gasteiger partial charge in [0.25, 0.3) is 0 Å². The summed E-state index contributed by atoms with van der Waals surface area (Å²) in [5.74, 6) is -1.13. The van der Waals surface area contributed by atoms with Crippen molar-refractivity contribution >= 4 is 29.3 Å². The van der Waals surface area contributed by atoms with E-state index in [0.717, 1.165) is 24.4 Å². The van der Waals surface area contributed by atoms with Gasteiger partial charge in [-0.05, 0) is 37.7 Å². The molecule has 0 bridgehead atoms. The molecule has 2 fully saturated rings. The van der Waals surface area contributed by atoms with Crippen LogP contribution in [0, 0.1) is 0 Å². The van der Waals surface area contributed by atoms with Gasteiger partial charge in [0.15, 0.2) is 0 Å². The first kappa shape index (κ1) is 17.3. The first-order valence-corrected chi connectivity index (χ1v) is 9.89. The molecule has 130 valence electrons. The second-order valence-electron chi connectivity index (χ2n) is 6.55. The lowest BCUT2D eigenvalue weighted by molar-refractivity contribution is -0.136. The lowest BCUT2D eigenvalue weighted by Crippen LogP contribution is -2.44. The van der Waals surface area contributed by atoms with E-state index >= 15 is 0 Å². The summed E-state index contributed by atoms with van der Waals surface area (Å²) >= 11 is 1.54. The van der Waals surface area contributed by atoms with E-state index in [2.05, 4.69) is 15.5 Å². The van der Waals surface area contributed by atoms with E-state index in [9.17, 15) is 9.59 Å². The average Bonchev–Trinajstić information content (AvgIpc) is 3.26. The number of benzene rings is 1. The first-order valence-electron chi connectivity index (χ1n) is 8.66. The maximum absolute atomic E-state index is 12.2. The molecule has 2 aliphatic rings. The van der Waals surface area contributed by atoms with Crippen LogP contribution in [0.1, 0.15) is 32.1 Å². The van der Waals surface area contributed by atoms with Crippen LogP contribution >= 0.6 is 11.8 Å². The number of carbonyl (C=O) groups is 2. The van der Waals surface area contributed by atoms with Gasteiger partial charge in [0, 0.05) is 30.1 Å². The quantitative estimate of drug-likeness (QED) is 0.649. The van der Waals surface area contributed by atoms with Crippen LogP contribution in [0.25, 0.3) is 0 Å². The van der Waals surface area contributed by atoms with Crippen molar-refractivity contribution in [1.82, 2.24) is 10.2 Å². The number of para-hydroxylation sites is 1. The molecule has 0 spiro atoms. The standard InChI is InChI=1S/C18H25N3O2S/c1-24-16-9-5-4-8-15(16)20-18(23)17(22)19-13-10-11-21(12-13)14-6-2-3-7-14/h4-5,8-9,13-14H,2-3,6-7,10-12H2,1H3,(H,19,22)(H,20,23). The number of thioether (sulfide) groups is 1. The van der Waals surface area contributed by atoms with Gasteiger partial charge in [-0.15, -0.1) is 11.8 Å². The molecule has 1 saturated heterocycles. The number of anilines is 1. The molecule has 1 unspecified atom stereocenters. The van der Waals surface area contributed by atoms with Crippen molar-refractivity contribution in [2.24, 2.45) is 0 Å². The van der Waals surface area contributed by atoms with Gasteiger partial charge in [0.05, 0.1) is 5.69 Å². The predicted molar refractivity (Wildman–Crippen MR) is 97.2 cm³/mol. The van der Waals surface area contributed by atoms with Gasteiger partial charge in [-0.2, -0.15) is 0 Å². The Kier molecular flexibility index (Phi) is 5.79. The Morgan fingerprint density at radius 1 is 1.12 bits per heavy atom. The van der Waals surface area contributed by atoms with Crippen LogP contribution in [-0.2, 0) is 9.59 Å². The van der Waals surface area contributed by atoms with Crippen LogP contribution in [-0.4, -0.2) is 48.1 Å². The number of amides is 2. The van der Waals surface area contributed by atoms with Gasteiger partial charge < -0.3 is 10.6 Å². The summed E-state index contributed by atoms with van der Waals surface area (Å²) < 4.78 is 0. The zero-order valence-electron chi connectivity index (χ0n) is 14.1. The number of carbonyl (C=O) groups excluding carboxylic acids is 2. The van der Waals surface area contributed by atoms with Crippen LogP contribution < -0.4 is 10.6 Å². The molecular formula is C18H25N3O2S. The fraction of sp³-hybridized carbons (Fsp3) is 0.556. The second kappa shape index (κ2) is 8.03. The van der Waals surface area contributed by atoms with Crippen molar-refractivity contribution in [3.63, 3.8) is 0 Å². The summed E-state index contributed by atoms with van der Waals surface area (Å²) in [4.78, 5) is 27.8. The third-order valence-electron chi connectivity index (χ3n) is 4.96. The van der Waals surface area contributed by atoms with Crippen LogP contribution in [0.15, 0.2) is 29.2 Å². The molecule has 24 heavy (non-hydrogen) atoms. The Morgan fingerprint density at radius 2 is 1.88 bits per heavy atom. The van der Waals surface area contributed by atoms with E-state index in [-0.39, 0.29) is 6.04 Å². The van der Waals surface area contributed by atoms with E-state index in [1.807, 2.05) is 30.5 Å². The highest BCUT2D eigenvalue weighted by Crippen LogP contribution is 2.27. The normalized spacial score (nSPS) is 21.8. The Labute approximate surface area is 147 Å². The Morgan fingerprint density at radius 3 is 2.62 bits per heavy atom.